The lowest BCUT2D eigenvalue weighted by Gasteiger charge is -2.34. The van der Waals surface area contributed by atoms with Crippen LogP contribution in [-0.2, 0) is 19.1 Å². The number of carboxylic acids is 1. The summed E-state index contributed by atoms with van der Waals surface area (Å²) in [5.41, 5.74) is -1.43. The molecule has 0 aliphatic rings. The van der Waals surface area contributed by atoms with E-state index in [4.69, 9.17) is 15.1 Å². The molecule has 20 heavy (non-hydrogen) atoms. The number of nitriles is 1. The number of esters is 1. The van der Waals surface area contributed by atoms with Crippen molar-refractivity contribution in [1.29, 1.82) is 5.26 Å². The van der Waals surface area contributed by atoms with Gasteiger partial charge in [-0.15, -0.1) is 0 Å². The van der Waals surface area contributed by atoms with Crippen LogP contribution in [0.25, 0.3) is 0 Å². The van der Waals surface area contributed by atoms with Crippen LogP contribution in [0.2, 0.25) is 0 Å². The predicted octanol–water partition coefficient (Wildman–Crippen LogP) is 0.935. The van der Waals surface area contributed by atoms with Crippen molar-refractivity contribution in [3.63, 3.8) is 0 Å². The standard InChI is InChI=1S/C13H20N2O5/c1-4-20-11(17)7-6-10(16)15(9-5-8-14)13(2,3)12(18)19/h4-7,9H2,1-3H3,(H,18,19). The summed E-state index contributed by atoms with van der Waals surface area (Å²) in [5.74, 6) is -2.16. The highest BCUT2D eigenvalue weighted by Gasteiger charge is 2.37. The van der Waals surface area contributed by atoms with Gasteiger partial charge in [0, 0.05) is 13.0 Å². The molecule has 0 atom stereocenters. The van der Waals surface area contributed by atoms with Crippen molar-refractivity contribution in [3.8, 4) is 6.07 Å². The maximum atomic E-state index is 12.1. The van der Waals surface area contributed by atoms with Crippen LogP contribution in [0, 0.1) is 11.3 Å². The molecule has 0 aromatic rings. The number of ether oxygens (including phenoxy) is 1. The zero-order valence-corrected chi connectivity index (χ0v) is 12.0. The summed E-state index contributed by atoms with van der Waals surface area (Å²) in [4.78, 5) is 35.6. The predicted molar refractivity (Wildman–Crippen MR) is 69.5 cm³/mol. The Morgan fingerprint density at radius 1 is 1.30 bits per heavy atom. The summed E-state index contributed by atoms with van der Waals surface area (Å²) in [6, 6.07) is 1.87. The summed E-state index contributed by atoms with van der Waals surface area (Å²) in [6.45, 7) is 4.67. The molecule has 1 amide bonds. The lowest BCUT2D eigenvalue weighted by Crippen LogP contribution is -2.53. The van der Waals surface area contributed by atoms with Gasteiger partial charge in [0.05, 0.1) is 25.5 Å². The summed E-state index contributed by atoms with van der Waals surface area (Å²) in [7, 11) is 0. The van der Waals surface area contributed by atoms with E-state index in [0.29, 0.717) is 0 Å². The molecular weight excluding hydrogens is 264 g/mol. The zero-order valence-electron chi connectivity index (χ0n) is 12.0. The molecule has 0 aromatic carbocycles. The highest BCUT2D eigenvalue weighted by Crippen LogP contribution is 2.17. The molecule has 0 aliphatic heterocycles. The molecule has 0 unspecified atom stereocenters. The average molecular weight is 284 g/mol. The van der Waals surface area contributed by atoms with Gasteiger partial charge in [0.1, 0.15) is 5.54 Å². The smallest absolute Gasteiger partial charge is 0.329 e. The minimum atomic E-state index is -1.43. The molecule has 0 aliphatic carbocycles. The maximum Gasteiger partial charge on any atom is 0.329 e. The second-order valence-electron chi connectivity index (χ2n) is 4.62. The fourth-order valence-corrected chi connectivity index (χ4v) is 1.57. The van der Waals surface area contributed by atoms with Crippen LogP contribution in [0.4, 0.5) is 0 Å². The fourth-order valence-electron chi connectivity index (χ4n) is 1.57. The van der Waals surface area contributed by atoms with E-state index >= 15 is 0 Å². The van der Waals surface area contributed by atoms with Crippen LogP contribution >= 0.6 is 0 Å². The van der Waals surface area contributed by atoms with Gasteiger partial charge in [-0.3, -0.25) is 9.59 Å². The molecule has 0 heterocycles. The van der Waals surface area contributed by atoms with E-state index in [0.717, 1.165) is 4.90 Å². The molecule has 112 valence electrons. The van der Waals surface area contributed by atoms with Gasteiger partial charge in [-0.1, -0.05) is 0 Å². The van der Waals surface area contributed by atoms with Gasteiger partial charge in [-0.2, -0.15) is 5.26 Å². The molecule has 0 saturated heterocycles. The summed E-state index contributed by atoms with van der Waals surface area (Å²) in [5, 5.41) is 17.7. The van der Waals surface area contributed by atoms with Gasteiger partial charge >= 0.3 is 11.9 Å². The second kappa shape index (κ2) is 8.15. The van der Waals surface area contributed by atoms with Gasteiger partial charge in [-0.25, -0.2) is 4.79 Å². The molecular formula is C13H20N2O5. The van der Waals surface area contributed by atoms with Crippen molar-refractivity contribution >= 4 is 17.8 Å². The van der Waals surface area contributed by atoms with Crippen LogP contribution in [0.5, 0.6) is 0 Å². The number of carboxylic acid groups (broad SMARTS) is 1. The summed E-state index contributed by atoms with van der Waals surface area (Å²) in [6.07, 6.45) is -0.214. The van der Waals surface area contributed by atoms with Crippen LogP contribution in [0.1, 0.15) is 40.0 Å². The third kappa shape index (κ3) is 5.26. The molecule has 0 rings (SSSR count). The van der Waals surface area contributed by atoms with Crippen LogP contribution < -0.4 is 0 Å². The van der Waals surface area contributed by atoms with Crippen molar-refractivity contribution < 1.29 is 24.2 Å². The normalized spacial score (nSPS) is 10.5. The lowest BCUT2D eigenvalue weighted by atomic mass is 10.0. The number of amides is 1. The third-order valence-electron chi connectivity index (χ3n) is 2.79. The molecule has 0 fully saturated rings. The van der Waals surface area contributed by atoms with Gasteiger partial charge in [0.15, 0.2) is 0 Å². The van der Waals surface area contributed by atoms with Gasteiger partial charge < -0.3 is 14.7 Å². The molecule has 1 N–H and O–H groups in total. The Balaban J connectivity index is 4.79. The molecule has 0 bridgehead atoms. The highest BCUT2D eigenvalue weighted by molar-refractivity contribution is 5.88. The van der Waals surface area contributed by atoms with Crippen molar-refractivity contribution in [2.24, 2.45) is 0 Å². The van der Waals surface area contributed by atoms with E-state index in [-0.39, 0.29) is 32.4 Å². The summed E-state index contributed by atoms with van der Waals surface area (Å²) >= 11 is 0. The van der Waals surface area contributed by atoms with Crippen LogP contribution in [-0.4, -0.2) is 46.5 Å². The number of rotatable bonds is 8. The highest BCUT2D eigenvalue weighted by atomic mass is 16.5. The Labute approximate surface area is 118 Å². The van der Waals surface area contributed by atoms with Gasteiger partial charge in [0.25, 0.3) is 0 Å². The first kappa shape index (κ1) is 17.9. The van der Waals surface area contributed by atoms with Crippen molar-refractivity contribution in [3.05, 3.63) is 0 Å². The molecule has 0 radical (unpaired) electrons. The maximum absolute atomic E-state index is 12.1. The molecule has 0 saturated carbocycles. The molecule has 7 heteroatoms. The Kier molecular flexibility index (Phi) is 7.29. The topological polar surface area (TPSA) is 108 Å². The number of carbonyl (C=O) groups is 3. The van der Waals surface area contributed by atoms with E-state index in [1.165, 1.54) is 13.8 Å². The quantitative estimate of drug-likeness (QED) is 0.664. The number of hydrogen-bond acceptors (Lipinski definition) is 5. The molecule has 7 nitrogen and oxygen atoms in total. The van der Waals surface area contributed by atoms with E-state index in [1.807, 2.05) is 6.07 Å². The monoisotopic (exact) mass is 284 g/mol. The number of aliphatic carboxylic acids is 1. The summed E-state index contributed by atoms with van der Waals surface area (Å²) < 4.78 is 4.71. The second-order valence-corrected chi connectivity index (χ2v) is 4.62. The van der Waals surface area contributed by atoms with E-state index in [9.17, 15) is 14.4 Å². The zero-order chi connectivity index (χ0) is 15.8. The Morgan fingerprint density at radius 2 is 1.90 bits per heavy atom. The Morgan fingerprint density at radius 3 is 2.35 bits per heavy atom. The first-order chi connectivity index (χ1) is 9.27. The van der Waals surface area contributed by atoms with Crippen LogP contribution in [0.3, 0.4) is 0 Å². The number of hydrogen-bond donors (Lipinski definition) is 1. The average Bonchev–Trinajstić information content (AvgIpc) is 2.36. The number of carbonyl (C=O) groups excluding carboxylic acids is 2. The van der Waals surface area contributed by atoms with Gasteiger partial charge in [-0.05, 0) is 20.8 Å². The van der Waals surface area contributed by atoms with Crippen LogP contribution in [0.15, 0.2) is 0 Å². The number of nitrogens with zero attached hydrogens (tertiary/aromatic N) is 2. The molecule has 0 aromatic heterocycles. The fraction of sp³-hybridized carbons (Fsp3) is 0.692. The first-order valence-corrected chi connectivity index (χ1v) is 6.33. The third-order valence-corrected chi connectivity index (χ3v) is 2.79. The van der Waals surface area contributed by atoms with E-state index in [2.05, 4.69) is 0 Å². The Hall–Kier alpha value is -2.10. The molecule has 0 spiro atoms. The first-order valence-electron chi connectivity index (χ1n) is 6.33. The SMILES string of the molecule is CCOC(=O)CCC(=O)N(CCC#N)C(C)(C)C(=O)O. The Bertz CT molecular complexity index is 411. The van der Waals surface area contributed by atoms with Crippen molar-refractivity contribution in [1.82, 2.24) is 4.90 Å². The van der Waals surface area contributed by atoms with Crippen molar-refractivity contribution in [2.75, 3.05) is 13.2 Å². The van der Waals surface area contributed by atoms with Gasteiger partial charge in [0.2, 0.25) is 5.91 Å². The van der Waals surface area contributed by atoms with E-state index in [1.54, 1.807) is 6.92 Å². The van der Waals surface area contributed by atoms with E-state index < -0.39 is 23.4 Å². The lowest BCUT2D eigenvalue weighted by molar-refractivity contribution is -0.157. The minimum Gasteiger partial charge on any atom is -0.480 e. The largest absolute Gasteiger partial charge is 0.480 e. The minimum absolute atomic E-state index is 0.0114. The van der Waals surface area contributed by atoms with Crippen molar-refractivity contribution in [2.45, 2.75) is 45.6 Å².